The number of aliphatic hydroxyl groups excluding tert-OH is 1. The Morgan fingerprint density at radius 1 is 1.22 bits per heavy atom. The van der Waals surface area contributed by atoms with Crippen molar-refractivity contribution < 1.29 is 27.8 Å². The fourth-order valence-corrected chi connectivity index (χ4v) is 1.90. The molecule has 1 aromatic rings. The van der Waals surface area contributed by atoms with Gasteiger partial charge in [0.2, 0.25) is 0 Å². The molecule has 1 N–H and O–H groups in total. The van der Waals surface area contributed by atoms with Gasteiger partial charge in [-0.1, -0.05) is 18.2 Å². The van der Waals surface area contributed by atoms with Crippen LogP contribution in [0.1, 0.15) is 23.7 Å². The topological polar surface area (TPSA) is 38.7 Å². The van der Waals surface area contributed by atoms with E-state index < -0.39 is 24.1 Å². The maximum absolute atomic E-state index is 12.7. The predicted molar refractivity (Wildman–Crippen MR) is 56.7 cm³/mol. The van der Waals surface area contributed by atoms with Crippen LogP contribution in [0.3, 0.4) is 0 Å². The van der Waals surface area contributed by atoms with E-state index in [4.69, 9.17) is 9.47 Å². The van der Waals surface area contributed by atoms with Crippen LogP contribution in [-0.2, 0) is 15.7 Å². The van der Waals surface area contributed by atoms with Crippen LogP contribution in [0.5, 0.6) is 0 Å². The second kappa shape index (κ2) is 5.26. The molecule has 0 spiro atoms. The molecule has 0 bridgehead atoms. The molecule has 0 aliphatic carbocycles. The molecule has 1 atom stereocenters. The standard InChI is InChI=1S/C12H13F3O3/c13-12(14,15)9-4-2-1-3-8(9)10(16)7-11-17-5-6-18-11/h1-4,10-11,16H,5-7H2. The number of halogens is 3. The van der Waals surface area contributed by atoms with Crippen LogP contribution in [-0.4, -0.2) is 24.6 Å². The van der Waals surface area contributed by atoms with Gasteiger partial charge in [0.1, 0.15) is 0 Å². The molecule has 0 amide bonds. The molecule has 1 saturated heterocycles. The van der Waals surface area contributed by atoms with Gasteiger partial charge in [0, 0.05) is 6.42 Å². The first kappa shape index (κ1) is 13.3. The number of ether oxygens (including phenoxy) is 2. The minimum Gasteiger partial charge on any atom is -0.388 e. The number of rotatable bonds is 3. The largest absolute Gasteiger partial charge is 0.416 e. The van der Waals surface area contributed by atoms with E-state index in [2.05, 4.69) is 0 Å². The molecule has 100 valence electrons. The number of benzene rings is 1. The first-order chi connectivity index (χ1) is 8.48. The van der Waals surface area contributed by atoms with Crippen molar-refractivity contribution in [3.05, 3.63) is 35.4 Å². The lowest BCUT2D eigenvalue weighted by molar-refractivity contribution is -0.140. The van der Waals surface area contributed by atoms with Crippen LogP contribution >= 0.6 is 0 Å². The van der Waals surface area contributed by atoms with E-state index in [1.807, 2.05) is 0 Å². The monoisotopic (exact) mass is 262 g/mol. The predicted octanol–water partition coefficient (Wildman–Crippen LogP) is 2.50. The average Bonchev–Trinajstić information content (AvgIpc) is 2.80. The molecular weight excluding hydrogens is 249 g/mol. The molecule has 0 saturated carbocycles. The van der Waals surface area contributed by atoms with Gasteiger partial charge < -0.3 is 14.6 Å². The van der Waals surface area contributed by atoms with Crippen molar-refractivity contribution in [2.24, 2.45) is 0 Å². The number of hydrogen-bond donors (Lipinski definition) is 1. The van der Waals surface area contributed by atoms with E-state index in [1.54, 1.807) is 0 Å². The van der Waals surface area contributed by atoms with Gasteiger partial charge in [-0.2, -0.15) is 13.2 Å². The molecule has 1 aromatic carbocycles. The van der Waals surface area contributed by atoms with Crippen molar-refractivity contribution in [1.29, 1.82) is 0 Å². The summed E-state index contributed by atoms with van der Waals surface area (Å²) in [6.07, 6.45) is -6.38. The minimum atomic E-state index is -4.48. The van der Waals surface area contributed by atoms with Crippen LogP contribution in [0.25, 0.3) is 0 Å². The molecule has 1 fully saturated rings. The second-order valence-corrected chi connectivity index (χ2v) is 4.01. The first-order valence-corrected chi connectivity index (χ1v) is 5.56. The first-order valence-electron chi connectivity index (χ1n) is 5.56. The van der Waals surface area contributed by atoms with Crippen molar-refractivity contribution >= 4 is 0 Å². The van der Waals surface area contributed by atoms with Crippen LogP contribution in [0, 0.1) is 0 Å². The third kappa shape index (κ3) is 3.01. The Balaban J connectivity index is 2.16. The summed E-state index contributed by atoms with van der Waals surface area (Å²) in [4.78, 5) is 0. The lowest BCUT2D eigenvalue weighted by atomic mass is 9.99. The van der Waals surface area contributed by atoms with Crippen molar-refractivity contribution in [3.8, 4) is 0 Å². The summed E-state index contributed by atoms with van der Waals surface area (Å²) in [5, 5.41) is 9.87. The average molecular weight is 262 g/mol. The van der Waals surface area contributed by atoms with E-state index in [1.165, 1.54) is 18.2 Å². The second-order valence-electron chi connectivity index (χ2n) is 4.01. The quantitative estimate of drug-likeness (QED) is 0.909. The molecule has 1 unspecified atom stereocenters. The highest BCUT2D eigenvalue weighted by Gasteiger charge is 2.35. The van der Waals surface area contributed by atoms with Crippen molar-refractivity contribution in [2.75, 3.05) is 13.2 Å². The molecule has 1 heterocycles. The Bertz CT molecular complexity index is 400. The fraction of sp³-hybridized carbons (Fsp3) is 0.500. The molecule has 2 rings (SSSR count). The van der Waals surface area contributed by atoms with E-state index in [0.717, 1.165) is 6.07 Å². The number of hydrogen-bond acceptors (Lipinski definition) is 3. The summed E-state index contributed by atoms with van der Waals surface area (Å²) >= 11 is 0. The summed E-state index contributed by atoms with van der Waals surface area (Å²) < 4.78 is 48.5. The Morgan fingerprint density at radius 2 is 1.83 bits per heavy atom. The highest BCUT2D eigenvalue weighted by molar-refractivity contribution is 5.31. The number of aliphatic hydroxyl groups is 1. The van der Waals surface area contributed by atoms with Gasteiger partial charge in [-0.05, 0) is 11.6 Å². The van der Waals surface area contributed by atoms with Crippen molar-refractivity contribution in [1.82, 2.24) is 0 Å². The molecule has 0 radical (unpaired) electrons. The lowest BCUT2D eigenvalue weighted by Gasteiger charge is -2.19. The van der Waals surface area contributed by atoms with Crippen LogP contribution in [0.15, 0.2) is 24.3 Å². The fourth-order valence-electron chi connectivity index (χ4n) is 1.90. The van der Waals surface area contributed by atoms with Gasteiger partial charge in [0.25, 0.3) is 0 Å². The molecule has 3 nitrogen and oxygen atoms in total. The van der Waals surface area contributed by atoms with Gasteiger partial charge in [-0.3, -0.25) is 0 Å². The van der Waals surface area contributed by atoms with Gasteiger partial charge in [0.05, 0.1) is 24.9 Å². The van der Waals surface area contributed by atoms with Crippen LogP contribution < -0.4 is 0 Å². The Morgan fingerprint density at radius 3 is 2.44 bits per heavy atom. The molecule has 1 aliphatic rings. The smallest absolute Gasteiger partial charge is 0.388 e. The molecule has 1 aliphatic heterocycles. The zero-order valence-electron chi connectivity index (χ0n) is 9.48. The van der Waals surface area contributed by atoms with Gasteiger partial charge in [0.15, 0.2) is 6.29 Å². The summed E-state index contributed by atoms with van der Waals surface area (Å²) in [5.74, 6) is 0. The van der Waals surface area contributed by atoms with E-state index in [-0.39, 0.29) is 12.0 Å². The third-order valence-electron chi connectivity index (χ3n) is 2.73. The Labute approximate surface area is 102 Å². The van der Waals surface area contributed by atoms with Crippen molar-refractivity contribution in [3.63, 3.8) is 0 Å². The van der Waals surface area contributed by atoms with E-state index >= 15 is 0 Å². The molecule has 6 heteroatoms. The normalized spacial score (nSPS) is 19.1. The number of alkyl halides is 3. The highest BCUT2D eigenvalue weighted by Crippen LogP contribution is 2.36. The molecule has 0 aromatic heterocycles. The van der Waals surface area contributed by atoms with Gasteiger partial charge in [-0.15, -0.1) is 0 Å². The third-order valence-corrected chi connectivity index (χ3v) is 2.73. The van der Waals surface area contributed by atoms with E-state index in [9.17, 15) is 18.3 Å². The van der Waals surface area contributed by atoms with Gasteiger partial charge >= 0.3 is 6.18 Å². The summed E-state index contributed by atoms with van der Waals surface area (Å²) in [5.41, 5.74) is -0.973. The summed E-state index contributed by atoms with van der Waals surface area (Å²) in [6, 6.07) is 4.98. The minimum absolute atomic E-state index is 0.00685. The summed E-state index contributed by atoms with van der Waals surface area (Å²) in [7, 11) is 0. The molecule has 18 heavy (non-hydrogen) atoms. The van der Waals surface area contributed by atoms with E-state index in [0.29, 0.717) is 13.2 Å². The SMILES string of the molecule is OC(CC1OCCO1)c1ccccc1C(F)(F)F. The Kier molecular flexibility index (Phi) is 3.89. The van der Waals surface area contributed by atoms with Crippen LogP contribution in [0.4, 0.5) is 13.2 Å². The van der Waals surface area contributed by atoms with Crippen LogP contribution in [0.2, 0.25) is 0 Å². The zero-order valence-corrected chi connectivity index (χ0v) is 9.48. The summed E-state index contributed by atoms with van der Waals surface area (Å²) in [6.45, 7) is 0.802. The Hall–Kier alpha value is -1.11. The zero-order chi connectivity index (χ0) is 13.2. The lowest BCUT2D eigenvalue weighted by Crippen LogP contribution is -2.17. The maximum Gasteiger partial charge on any atom is 0.416 e. The highest BCUT2D eigenvalue weighted by atomic mass is 19.4. The maximum atomic E-state index is 12.7. The van der Waals surface area contributed by atoms with Gasteiger partial charge in [-0.25, -0.2) is 0 Å². The van der Waals surface area contributed by atoms with Crippen molar-refractivity contribution in [2.45, 2.75) is 25.0 Å². The molecular formula is C12H13F3O3.